The topological polar surface area (TPSA) is 0 Å². The molecular formula is C10H14. The Kier molecular flexibility index (Phi) is 1.40. The van der Waals surface area contributed by atoms with E-state index in [-0.39, 0.29) is 0 Å². The third-order valence-corrected chi connectivity index (χ3v) is 2.62. The standard InChI is InChI=1S/C10H14/c1-8-5-6-9-3-2-4-10(9)7-8/h3-4,8H,2,5-7H2,1H3. The van der Waals surface area contributed by atoms with Crippen molar-refractivity contribution in [2.45, 2.75) is 32.6 Å². The van der Waals surface area contributed by atoms with Crippen LogP contribution in [-0.2, 0) is 0 Å². The van der Waals surface area contributed by atoms with Gasteiger partial charge in [0.1, 0.15) is 0 Å². The minimum atomic E-state index is 0.932. The Bertz CT molecular complexity index is 196. The summed E-state index contributed by atoms with van der Waals surface area (Å²) in [5.74, 6) is 0.932. The van der Waals surface area contributed by atoms with E-state index < -0.39 is 0 Å². The predicted octanol–water partition coefficient (Wildman–Crippen LogP) is 3.06. The van der Waals surface area contributed by atoms with Crippen LogP contribution in [0, 0.1) is 5.92 Å². The number of fused-ring (bicyclic) bond motifs is 1. The minimum Gasteiger partial charge on any atom is -0.0772 e. The van der Waals surface area contributed by atoms with E-state index >= 15 is 0 Å². The highest BCUT2D eigenvalue weighted by Gasteiger charge is 2.18. The van der Waals surface area contributed by atoms with E-state index in [0.717, 1.165) is 5.92 Å². The van der Waals surface area contributed by atoms with E-state index in [4.69, 9.17) is 0 Å². The van der Waals surface area contributed by atoms with E-state index in [2.05, 4.69) is 19.1 Å². The molecule has 0 aliphatic heterocycles. The minimum absolute atomic E-state index is 0.932. The maximum absolute atomic E-state index is 2.39. The summed E-state index contributed by atoms with van der Waals surface area (Å²) >= 11 is 0. The van der Waals surface area contributed by atoms with Gasteiger partial charge in [-0.3, -0.25) is 0 Å². The first-order valence-corrected chi connectivity index (χ1v) is 4.24. The van der Waals surface area contributed by atoms with Gasteiger partial charge in [-0.05, 0) is 42.7 Å². The summed E-state index contributed by atoms with van der Waals surface area (Å²) in [6.45, 7) is 2.36. The highest BCUT2D eigenvalue weighted by molar-refractivity contribution is 5.38. The van der Waals surface area contributed by atoms with E-state index in [0.29, 0.717) is 0 Å². The van der Waals surface area contributed by atoms with E-state index in [1.54, 1.807) is 11.1 Å². The largest absolute Gasteiger partial charge is 0.0772 e. The molecule has 0 nitrogen and oxygen atoms in total. The van der Waals surface area contributed by atoms with E-state index in [9.17, 15) is 0 Å². The van der Waals surface area contributed by atoms with Crippen LogP contribution >= 0.6 is 0 Å². The normalized spacial score (nSPS) is 31.1. The summed E-state index contributed by atoms with van der Waals surface area (Å²) in [5.41, 5.74) is 3.30. The molecule has 1 fully saturated rings. The van der Waals surface area contributed by atoms with Crippen LogP contribution < -0.4 is 0 Å². The number of rotatable bonds is 0. The molecule has 0 saturated heterocycles. The third-order valence-electron chi connectivity index (χ3n) is 2.62. The Morgan fingerprint density at radius 2 is 2.10 bits per heavy atom. The summed E-state index contributed by atoms with van der Waals surface area (Å²) in [6.07, 6.45) is 10.1. The molecule has 1 atom stereocenters. The maximum atomic E-state index is 2.39. The molecule has 0 N–H and O–H groups in total. The van der Waals surface area contributed by atoms with Gasteiger partial charge in [0.15, 0.2) is 0 Å². The lowest BCUT2D eigenvalue weighted by atomic mass is 9.85. The Morgan fingerprint density at radius 3 is 3.00 bits per heavy atom. The molecule has 0 aromatic rings. The van der Waals surface area contributed by atoms with Crippen molar-refractivity contribution in [3.63, 3.8) is 0 Å². The fourth-order valence-corrected chi connectivity index (χ4v) is 1.96. The Labute approximate surface area is 62.6 Å². The summed E-state index contributed by atoms with van der Waals surface area (Å²) < 4.78 is 0. The second kappa shape index (κ2) is 2.26. The summed E-state index contributed by atoms with van der Waals surface area (Å²) in [6, 6.07) is 0. The molecule has 1 saturated carbocycles. The summed E-state index contributed by atoms with van der Waals surface area (Å²) in [7, 11) is 0. The fraction of sp³-hybridized carbons (Fsp3) is 0.600. The second-order valence-electron chi connectivity index (χ2n) is 3.54. The molecule has 10 heavy (non-hydrogen) atoms. The molecule has 2 rings (SSSR count). The molecule has 0 heteroatoms. The molecule has 2 aliphatic rings. The van der Waals surface area contributed by atoms with Crippen LogP contribution in [0.15, 0.2) is 23.3 Å². The Hall–Kier alpha value is -0.520. The molecule has 0 spiro atoms. The van der Waals surface area contributed by atoms with Crippen molar-refractivity contribution >= 4 is 0 Å². The predicted molar refractivity (Wildman–Crippen MR) is 43.8 cm³/mol. The van der Waals surface area contributed by atoms with Gasteiger partial charge in [-0.15, -0.1) is 0 Å². The monoisotopic (exact) mass is 134 g/mol. The third kappa shape index (κ3) is 0.920. The zero-order chi connectivity index (χ0) is 6.97. The molecule has 54 valence electrons. The lowest BCUT2D eigenvalue weighted by Crippen LogP contribution is -2.05. The molecule has 0 bridgehead atoms. The Balaban J connectivity index is 2.17. The molecule has 0 aromatic heterocycles. The number of hydrogen-bond acceptors (Lipinski definition) is 0. The highest BCUT2D eigenvalue weighted by atomic mass is 14.2. The first-order chi connectivity index (χ1) is 4.86. The SMILES string of the molecule is CC1CCC2=CCC=C2C1. The van der Waals surface area contributed by atoms with Gasteiger partial charge in [0.2, 0.25) is 0 Å². The zero-order valence-electron chi connectivity index (χ0n) is 6.56. The van der Waals surface area contributed by atoms with Crippen molar-refractivity contribution < 1.29 is 0 Å². The van der Waals surface area contributed by atoms with E-state index in [1.165, 1.54) is 25.7 Å². The van der Waals surface area contributed by atoms with Crippen LogP contribution in [0.1, 0.15) is 32.6 Å². The average molecular weight is 134 g/mol. The van der Waals surface area contributed by atoms with Crippen molar-refractivity contribution in [3.8, 4) is 0 Å². The molecule has 0 amide bonds. The van der Waals surface area contributed by atoms with E-state index in [1.807, 2.05) is 0 Å². The van der Waals surface area contributed by atoms with Gasteiger partial charge < -0.3 is 0 Å². The highest BCUT2D eigenvalue weighted by Crippen LogP contribution is 2.35. The van der Waals surface area contributed by atoms with Crippen LogP contribution in [0.2, 0.25) is 0 Å². The van der Waals surface area contributed by atoms with Crippen molar-refractivity contribution in [2.24, 2.45) is 5.92 Å². The Morgan fingerprint density at radius 1 is 1.30 bits per heavy atom. The average Bonchev–Trinajstić information content (AvgIpc) is 2.33. The van der Waals surface area contributed by atoms with Crippen molar-refractivity contribution in [1.29, 1.82) is 0 Å². The van der Waals surface area contributed by atoms with Crippen molar-refractivity contribution in [1.82, 2.24) is 0 Å². The van der Waals surface area contributed by atoms with Gasteiger partial charge in [0.05, 0.1) is 0 Å². The van der Waals surface area contributed by atoms with Gasteiger partial charge in [-0.25, -0.2) is 0 Å². The van der Waals surface area contributed by atoms with Gasteiger partial charge in [0, 0.05) is 0 Å². The van der Waals surface area contributed by atoms with Gasteiger partial charge in [-0.2, -0.15) is 0 Å². The zero-order valence-corrected chi connectivity index (χ0v) is 6.56. The van der Waals surface area contributed by atoms with Crippen molar-refractivity contribution in [3.05, 3.63) is 23.3 Å². The fourth-order valence-electron chi connectivity index (χ4n) is 1.96. The molecule has 1 unspecified atom stereocenters. The van der Waals surface area contributed by atoms with Crippen LogP contribution in [0.4, 0.5) is 0 Å². The summed E-state index contributed by atoms with van der Waals surface area (Å²) in [5, 5.41) is 0. The van der Waals surface area contributed by atoms with Crippen LogP contribution in [-0.4, -0.2) is 0 Å². The lowest BCUT2D eigenvalue weighted by molar-refractivity contribution is 0.499. The van der Waals surface area contributed by atoms with Gasteiger partial charge >= 0.3 is 0 Å². The number of hydrogen-bond donors (Lipinski definition) is 0. The smallest absolute Gasteiger partial charge is 0.0157 e. The second-order valence-corrected chi connectivity index (χ2v) is 3.54. The lowest BCUT2D eigenvalue weighted by Gasteiger charge is -2.21. The molecule has 0 aromatic carbocycles. The van der Waals surface area contributed by atoms with Gasteiger partial charge in [-0.1, -0.05) is 19.1 Å². The van der Waals surface area contributed by atoms with Crippen molar-refractivity contribution in [2.75, 3.05) is 0 Å². The van der Waals surface area contributed by atoms with Crippen LogP contribution in [0.3, 0.4) is 0 Å². The molecule has 0 radical (unpaired) electrons. The first kappa shape index (κ1) is 6.21. The molecule has 2 aliphatic carbocycles. The summed E-state index contributed by atoms with van der Waals surface area (Å²) in [4.78, 5) is 0. The molecule has 0 heterocycles. The molecular weight excluding hydrogens is 120 g/mol. The quantitative estimate of drug-likeness (QED) is 0.477. The first-order valence-electron chi connectivity index (χ1n) is 4.24. The van der Waals surface area contributed by atoms with Crippen LogP contribution in [0.25, 0.3) is 0 Å². The maximum Gasteiger partial charge on any atom is -0.0157 e. The van der Waals surface area contributed by atoms with Gasteiger partial charge in [0.25, 0.3) is 0 Å². The number of allylic oxidation sites excluding steroid dienone is 4. The van der Waals surface area contributed by atoms with Crippen LogP contribution in [0.5, 0.6) is 0 Å².